The van der Waals surface area contributed by atoms with E-state index in [9.17, 15) is 9.59 Å². The average molecular weight is 406 g/mol. The first-order valence-electron chi connectivity index (χ1n) is 9.78. The van der Waals surface area contributed by atoms with Crippen molar-refractivity contribution < 1.29 is 18.7 Å². The SMILES string of the molecule is C[C@@H](OC(=O)c1ccc(-c2nnco2)cc1)C(=O)N1CCN(c2ccccc2)CC1. The summed E-state index contributed by atoms with van der Waals surface area (Å²) in [5, 5.41) is 7.45. The van der Waals surface area contributed by atoms with Crippen LogP contribution in [0.2, 0.25) is 0 Å². The van der Waals surface area contributed by atoms with E-state index < -0.39 is 12.1 Å². The molecule has 8 nitrogen and oxygen atoms in total. The smallest absolute Gasteiger partial charge is 0.338 e. The van der Waals surface area contributed by atoms with Gasteiger partial charge in [-0.2, -0.15) is 0 Å². The van der Waals surface area contributed by atoms with Crippen molar-refractivity contribution in [1.82, 2.24) is 15.1 Å². The number of aromatic nitrogens is 2. The van der Waals surface area contributed by atoms with Gasteiger partial charge in [-0.25, -0.2) is 4.79 Å². The van der Waals surface area contributed by atoms with E-state index in [0.717, 1.165) is 18.8 Å². The molecule has 154 valence electrons. The lowest BCUT2D eigenvalue weighted by Crippen LogP contribution is -2.51. The second-order valence-corrected chi connectivity index (χ2v) is 7.02. The summed E-state index contributed by atoms with van der Waals surface area (Å²) in [6.45, 7) is 4.28. The zero-order chi connectivity index (χ0) is 20.9. The molecule has 1 aromatic heterocycles. The highest BCUT2D eigenvalue weighted by atomic mass is 16.5. The van der Waals surface area contributed by atoms with Crippen LogP contribution in [0.25, 0.3) is 11.5 Å². The van der Waals surface area contributed by atoms with E-state index >= 15 is 0 Å². The highest BCUT2D eigenvalue weighted by Crippen LogP contribution is 2.18. The Hall–Kier alpha value is -3.68. The molecule has 3 aromatic rings. The van der Waals surface area contributed by atoms with Crippen LogP contribution >= 0.6 is 0 Å². The summed E-state index contributed by atoms with van der Waals surface area (Å²) in [6.07, 6.45) is 0.390. The Morgan fingerprint density at radius 3 is 2.33 bits per heavy atom. The van der Waals surface area contributed by atoms with Crippen molar-refractivity contribution in [1.29, 1.82) is 0 Å². The summed E-state index contributed by atoms with van der Waals surface area (Å²) < 4.78 is 10.5. The molecule has 1 atom stereocenters. The lowest BCUT2D eigenvalue weighted by molar-refractivity contribution is -0.140. The number of carbonyl (C=O) groups is 2. The Morgan fingerprint density at radius 1 is 1.00 bits per heavy atom. The van der Waals surface area contributed by atoms with Crippen molar-refractivity contribution in [3.63, 3.8) is 0 Å². The lowest BCUT2D eigenvalue weighted by Gasteiger charge is -2.37. The third-order valence-corrected chi connectivity index (χ3v) is 5.07. The first-order valence-corrected chi connectivity index (χ1v) is 9.78. The minimum atomic E-state index is -0.851. The number of hydrogen-bond acceptors (Lipinski definition) is 7. The number of piperazine rings is 1. The predicted octanol–water partition coefficient (Wildman–Crippen LogP) is 2.63. The number of carbonyl (C=O) groups excluding carboxylic acids is 2. The van der Waals surface area contributed by atoms with Crippen LogP contribution in [-0.2, 0) is 9.53 Å². The topological polar surface area (TPSA) is 88.8 Å². The molecular formula is C22H22N4O4. The maximum absolute atomic E-state index is 12.7. The van der Waals surface area contributed by atoms with Gasteiger partial charge in [-0.15, -0.1) is 10.2 Å². The Labute approximate surface area is 174 Å². The van der Waals surface area contributed by atoms with Crippen LogP contribution in [-0.4, -0.2) is 59.3 Å². The third-order valence-electron chi connectivity index (χ3n) is 5.07. The summed E-state index contributed by atoms with van der Waals surface area (Å²) in [7, 11) is 0. The van der Waals surface area contributed by atoms with E-state index in [1.54, 1.807) is 36.1 Å². The molecule has 0 radical (unpaired) electrons. The van der Waals surface area contributed by atoms with Crippen molar-refractivity contribution in [3.05, 3.63) is 66.6 Å². The number of anilines is 1. The number of nitrogens with zero attached hydrogens (tertiary/aromatic N) is 4. The summed E-state index contributed by atoms with van der Waals surface area (Å²) in [4.78, 5) is 29.1. The van der Waals surface area contributed by atoms with E-state index in [1.807, 2.05) is 18.2 Å². The molecule has 1 fully saturated rings. The van der Waals surface area contributed by atoms with E-state index in [1.165, 1.54) is 6.39 Å². The highest BCUT2D eigenvalue weighted by Gasteiger charge is 2.27. The third kappa shape index (κ3) is 4.32. The first kappa shape index (κ1) is 19.6. The molecule has 1 saturated heterocycles. The van der Waals surface area contributed by atoms with Crippen LogP contribution in [0.5, 0.6) is 0 Å². The van der Waals surface area contributed by atoms with E-state index in [2.05, 4.69) is 27.2 Å². The van der Waals surface area contributed by atoms with Crippen molar-refractivity contribution in [2.75, 3.05) is 31.1 Å². The summed E-state index contributed by atoms with van der Waals surface area (Å²) in [5.41, 5.74) is 2.20. The molecule has 0 bridgehead atoms. The van der Waals surface area contributed by atoms with E-state index in [4.69, 9.17) is 9.15 Å². The molecule has 1 amide bonds. The average Bonchev–Trinajstić information content (AvgIpc) is 3.34. The van der Waals surface area contributed by atoms with Gasteiger partial charge >= 0.3 is 5.97 Å². The van der Waals surface area contributed by atoms with Gasteiger partial charge in [0.25, 0.3) is 5.91 Å². The van der Waals surface area contributed by atoms with Gasteiger partial charge < -0.3 is 19.0 Å². The molecule has 0 unspecified atom stereocenters. The lowest BCUT2D eigenvalue weighted by atomic mass is 10.1. The highest BCUT2D eigenvalue weighted by molar-refractivity contribution is 5.92. The zero-order valence-electron chi connectivity index (χ0n) is 16.6. The molecule has 0 N–H and O–H groups in total. The molecule has 4 rings (SSSR count). The van der Waals surface area contributed by atoms with Gasteiger partial charge in [0, 0.05) is 37.4 Å². The number of amides is 1. The normalized spacial score (nSPS) is 15.0. The quantitative estimate of drug-likeness (QED) is 0.602. The Kier molecular flexibility index (Phi) is 5.74. The van der Waals surface area contributed by atoms with E-state index in [0.29, 0.717) is 30.1 Å². The van der Waals surface area contributed by atoms with Crippen LogP contribution in [0.15, 0.2) is 65.4 Å². The standard InChI is InChI=1S/C22H22N4O4/c1-16(21(27)26-13-11-25(12-14-26)19-5-3-2-4-6-19)30-22(28)18-9-7-17(8-10-18)20-24-23-15-29-20/h2-10,15-16H,11-14H2,1H3/t16-/m1/s1. The monoisotopic (exact) mass is 406 g/mol. The number of hydrogen-bond donors (Lipinski definition) is 0. The molecule has 30 heavy (non-hydrogen) atoms. The summed E-state index contributed by atoms with van der Waals surface area (Å²) in [6, 6.07) is 16.7. The molecule has 1 aliphatic rings. The summed E-state index contributed by atoms with van der Waals surface area (Å²) in [5.74, 6) is -0.359. The molecule has 8 heteroatoms. The van der Waals surface area contributed by atoms with Gasteiger partial charge in [0.2, 0.25) is 12.3 Å². The minimum absolute atomic E-state index is 0.182. The maximum Gasteiger partial charge on any atom is 0.338 e. The van der Waals surface area contributed by atoms with Crippen LogP contribution in [0.3, 0.4) is 0 Å². The minimum Gasteiger partial charge on any atom is -0.449 e. The van der Waals surface area contributed by atoms with Crippen molar-refractivity contribution in [2.24, 2.45) is 0 Å². The number of rotatable bonds is 5. The predicted molar refractivity (Wildman–Crippen MR) is 110 cm³/mol. The first-order chi connectivity index (χ1) is 14.6. The van der Waals surface area contributed by atoms with E-state index in [-0.39, 0.29) is 5.91 Å². The molecule has 0 aliphatic carbocycles. The fourth-order valence-electron chi connectivity index (χ4n) is 3.41. The largest absolute Gasteiger partial charge is 0.449 e. The second kappa shape index (κ2) is 8.77. The second-order valence-electron chi connectivity index (χ2n) is 7.02. The number of esters is 1. The number of ether oxygens (including phenoxy) is 1. The Bertz CT molecular complexity index is 982. The molecule has 0 saturated carbocycles. The van der Waals surface area contributed by atoms with Crippen LogP contribution in [0.4, 0.5) is 5.69 Å². The van der Waals surface area contributed by atoms with Crippen molar-refractivity contribution >= 4 is 17.6 Å². The zero-order valence-corrected chi connectivity index (χ0v) is 16.6. The Balaban J connectivity index is 1.30. The van der Waals surface area contributed by atoms with Crippen LogP contribution < -0.4 is 4.90 Å². The molecule has 1 aliphatic heterocycles. The summed E-state index contributed by atoms with van der Waals surface area (Å²) >= 11 is 0. The molecular weight excluding hydrogens is 384 g/mol. The Morgan fingerprint density at radius 2 is 1.70 bits per heavy atom. The van der Waals surface area contributed by atoms with Crippen molar-refractivity contribution in [2.45, 2.75) is 13.0 Å². The van der Waals surface area contributed by atoms with Gasteiger partial charge in [-0.1, -0.05) is 18.2 Å². The van der Waals surface area contributed by atoms with Gasteiger partial charge in [-0.3, -0.25) is 4.79 Å². The molecule has 0 spiro atoms. The van der Waals surface area contributed by atoms with Crippen molar-refractivity contribution in [3.8, 4) is 11.5 Å². The van der Waals surface area contributed by atoms with Gasteiger partial charge in [0.1, 0.15) is 0 Å². The van der Waals surface area contributed by atoms with Gasteiger partial charge in [-0.05, 0) is 43.3 Å². The molecule has 2 heterocycles. The maximum atomic E-state index is 12.7. The van der Waals surface area contributed by atoms with Gasteiger partial charge in [0.05, 0.1) is 5.56 Å². The van der Waals surface area contributed by atoms with Gasteiger partial charge in [0.15, 0.2) is 6.10 Å². The molecule has 2 aromatic carbocycles. The van der Waals surface area contributed by atoms with Crippen LogP contribution in [0, 0.1) is 0 Å². The number of para-hydroxylation sites is 1. The fraction of sp³-hybridized carbons (Fsp3) is 0.273. The number of benzene rings is 2. The fourth-order valence-corrected chi connectivity index (χ4v) is 3.41. The van der Waals surface area contributed by atoms with Crippen LogP contribution in [0.1, 0.15) is 17.3 Å².